The van der Waals surface area contributed by atoms with Gasteiger partial charge in [0.05, 0.1) is 12.8 Å². The van der Waals surface area contributed by atoms with Crippen molar-refractivity contribution in [2.24, 2.45) is 0 Å². The normalized spacial score (nSPS) is 9.64. The minimum Gasteiger partial charge on any atom is -0.506 e. The van der Waals surface area contributed by atoms with Gasteiger partial charge < -0.3 is 9.84 Å². The van der Waals surface area contributed by atoms with Crippen LogP contribution in [0.4, 0.5) is 0 Å². The highest BCUT2D eigenvalue weighted by molar-refractivity contribution is 5.31. The van der Waals surface area contributed by atoms with Crippen LogP contribution in [-0.2, 0) is 0 Å². The van der Waals surface area contributed by atoms with Gasteiger partial charge in [0.25, 0.3) is 0 Å². The maximum atomic E-state index is 9.09. The zero-order valence-corrected chi connectivity index (χ0v) is 6.66. The zero-order chi connectivity index (χ0) is 8.27. The molecular weight excluding hydrogens is 142 g/mol. The Kier molecular flexibility index (Phi) is 2.31. The number of aromatic hydroxyl groups is 1. The molecule has 0 unspecified atom stereocenters. The standard InChI is InChI=1S/C8H11NO2/c1-3-11-8-4-6(2)7(10)5-9-8/h4-5,10H,3H2,1-2H3. The van der Waals surface area contributed by atoms with Gasteiger partial charge in [-0.15, -0.1) is 0 Å². The monoisotopic (exact) mass is 153 g/mol. The van der Waals surface area contributed by atoms with E-state index in [4.69, 9.17) is 9.84 Å². The Bertz CT molecular complexity index is 248. The molecule has 0 saturated heterocycles. The molecule has 0 bridgehead atoms. The second-order valence-electron chi connectivity index (χ2n) is 2.24. The van der Waals surface area contributed by atoms with Crippen LogP contribution in [0.25, 0.3) is 0 Å². The fraction of sp³-hybridized carbons (Fsp3) is 0.375. The van der Waals surface area contributed by atoms with Crippen LogP contribution in [0.3, 0.4) is 0 Å². The molecule has 0 atom stereocenters. The third-order valence-electron chi connectivity index (χ3n) is 1.35. The quantitative estimate of drug-likeness (QED) is 0.700. The lowest BCUT2D eigenvalue weighted by Crippen LogP contribution is -1.94. The number of ether oxygens (including phenoxy) is 1. The Balaban J connectivity index is 2.86. The molecule has 11 heavy (non-hydrogen) atoms. The molecule has 3 heteroatoms. The number of hydrogen-bond acceptors (Lipinski definition) is 3. The molecule has 0 amide bonds. The van der Waals surface area contributed by atoms with Crippen molar-refractivity contribution in [3.05, 3.63) is 17.8 Å². The number of aromatic nitrogens is 1. The Labute approximate surface area is 65.7 Å². The van der Waals surface area contributed by atoms with Crippen LogP contribution in [0.15, 0.2) is 12.3 Å². The Morgan fingerprint density at radius 3 is 2.91 bits per heavy atom. The lowest BCUT2D eigenvalue weighted by Gasteiger charge is -2.02. The Morgan fingerprint density at radius 1 is 1.64 bits per heavy atom. The van der Waals surface area contributed by atoms with Gasteiger partial charge >= 0.3 is 0 Å². The van der Waals surface area contributed by atoms with Crippen molar-refractivity contribution in [3.8, 4) is 11.6 Å². The Morgan fingerprint density at radius 2 is 2.36 bits per heavy atom. The van der Waals surface area contributed by atoms with Gasteiger partial charge in [-0.25, -0.2) is 4.98 Å². The summed E-state index contributed by atoms with van der Waals surface area (Å²) in [4.78, 5) is 3.86. The molecule has 60 valence electrons. The van der Waals surface area contributed by atoms with E-state index in [1.54, 1.807) is 13.0 Å². The highest BCUT2D eigenvalue weighted by Gasteiger charge is 1.98. The maximum absolute atomic E-state index is 9.09. The summed E-state index contributed by atoms with van der Waals surface area (Å²) in [6.45, 7) is 4.29. The largest absolute Gasteiger partial charge is 0.506 e. The first kappa shape index (κ1) is 7.85. The summed E-state index contributed by atoms with van der Waals surface area (Å²) in [7, 11) is 0. The molecule has 1 heterocycles. The van der Waals surface area contributed by atoms with E-state index in [1.807, 2.05) is 6.92 Å². The molecule has 0 aliphatic rings. The number of rotatable bonds is 2. The molecule has 1 N–H and O–H groups in total. The topological polar surface area (TPSA) is 42.4 Å². The summed E-state index contributed by atoms with van der Waals surface area (Å²) in [5.41, 5.74) is 0.781. The number of nitrogens with zero attached hydrogens (tertiary/aromatic N) is 1. The van der Waals surface area contributed by atoms with Crippen LogP contribution in [-0.4, -0.2) is 16.7 Å². The molecule has 1 aromatic rings. The van der Waals surface area contributed by atoms with Crippen LogP contribution >= 0.6 is 0 Å². The first-order valence-electron chi connectivity index (χ1n) is 3.52. The Hall–Kier alpha value is -1.25. The zero-order valence-electron chi connectivity index (χ0n) is 6.66. The maximum Gasteiger partial charge on any atom is 0.213 e. The van der Waals surface area contributed by atoms with Crippen LogP contribution in [0.5, 0.6) is 11.6 Å². The average Bonchev–Trinajstić information content (AvgIpc) is 1.98. The van der Waals surface area contributed by atoms with Gasteiger partial charge in [-0.1, -0.05) is 0 Å². The second kappa shape index (κ2) is 3.23. The first-order chi connectivity index (χ1) is 5.24. The van der Waals surface area contributed by atoms with Crippen molar-refractivity contribution in [2.75, 3.05) is 6.61 Å². The van der Waals surface area contributed by atoms with Crippen molar-refractivity contribution < 1.29 is 9.84 Å². The van der Waals surface area contributed by atoms with Crippen molar-refractivity contribution in [1.82, 2.24) is 4.98 Å². The van der Waals surface area contributed by atoms with Gasteiger partial charge in [0.15, 0.2) is 0 Å². The van der Waals surface area contributed by atoms with Gasteiger partial charge in [-0.3, -0.25) is 0 Å². The van der Waals surface area contributed by atoms with Crippen molar-refractivity contribution in [3.63, 3.8) is 0 Å². The predicted molar refractivity (Wildman–Crippen MR) is 41.8 cm³/mol. The van der Waals surface area contributed by atoms with E-state index in [1.165, 1.54) is 6.20 Å². The number of hydrogen-bond donors (Lipinski definition) is 1. The summed E-state index contributed by atoms with van der Waals surface area (Å²) < 4.78 is 5.12. The predicted octanol–water partition coefficient (Wildman–Crippen LogP) is 1.49. The van der Waals surface area contributed by atoms with E-state index >= 15 is 0 Å². The van der Waals surface area contributed by atoms with Crippen LogP contribution < -0.4 is 4.74 Å². The molecule has 0 radical (unpaired) electrons. The molecule has 3 nitrogen and oxygen atoms in total. The fourth-order valence-corrected chi connectivity index (χ4v) is 0.750. The third kappa shape index (κ3) is 1.83. The molecule has 0 spiro atoms. The molecule has 1 rings (SSSR count). The summed E-state index contributed by atoms with van der Waals surface area (Å²) in [6.07, 6.45) is 1.39. The summed E-state index contributed by atoms with van der Waals surface area (Å²) in [6, 6.07) is 1.71. The summed E-state index contributed by atoms with van der Waals surface area (Å²) in [5, 5.41) is 9.09. The smallest absolute Gasteiger partial charge is 0.213 e. The van der Waals surface area contributed by atoms with Crippen molar-refractivity contribution in [1.29, 1.82) is 0 Å². The summed E-state index contributed by atoms with van der Waals surface area (Å²) >= 11 is 0. The van der Waals surface area contributed by atoms with Crippen LogP contribution in [0.2, 0.25) is 0 Å². The van der Waals surface area contributed by atoms with Crippen LogP contribution in [0, 0.1) is 6.92 Å². The van der Waals surface area contributed by atoms with E-state index < -0.39 is 0 Å². The van der Waals surface area contributed by atoms with Crippen LogP contribution in [0.1, 0.15) is 12.5 Å². The molecule has 1 aromatic heterocycles. The minimum absolute atomic E-state index is 0.202. The van der Waals surface area contributed by atoms with E-state index in [2.05, 4.69) is 4.98 Å². The average molecular weight is 153 g/mol. The van der Waals surface area contributed by atoms with Gasteiger partial charge in [0, 0.05) is 6.07 Å². The molecule has 0 aliphatic carbocycles. The van der Waals surface area contributed by atoms with E-state index in [9.17, 15) is 0 Å². The lowest BCUT2D eigenvalue weighted by atomic mass is 10.3. The van der Waals surface area contributed by atoms with Gasteiger partial charge in [-0.05, 0) is 19.4 Å². The second-order valence-corrected chi connectivity index (χ2v) is 2.24. The molecular formula is C8H11NO2. The SMILES string of the molecule is CCOc1cc(C)c(O)cn1. The van der Waals surface area contributed by atoms with Gasteiger partial charge in [0.2, 0.25) is 5.88 Å². The minimum atomic E-state index is 0.202. The first-order valence-corrected chi connectivity index (χ1v) is 3.52. The van der Waals surface area contributed by atoms with Crippen molar-refractivity contribution >= 4 is 0 Å². The van der Waals surface area contributed by atoms with Gasteiger partial charge in [-0.2, -0.15) is 0 Å². The molecule has 0 aliphatic heterocycles. The van der Waals surface area contributed by atoms with Crippen molar-refractivity contribution in [2.45, 2.75) is 13.8 Å². The fourth-order valence-electron chi connectivity index (χ4n) is 0.750. The van der Waals surface area contributed by atoms with E-state index in [0.717, 1.165) is 5.56 Å². The lowest BCUT2D eigenvalue weighted by molar-refractivity contribution is 0.325. The highest BCUT2D eigenvalue weighted by Crippen LogP contribution is 2.18. The van der Waals surface area contributed by atoms with E-state index in [-0.39, 0.29) is 5.75 Å². The number of pyridine rings is 1. The van der Waals surface area contributed by atoms with E-state index in [0.29, 0.717) is 12.5 Å². The third-order valence-corrected chi connectivity index (χ3v) is 1.35. The summed E-state index contributed by atoms with van der Waals surface area (Å²) in [5.74, 6) is 0.760. The number of aryl methyl sites for hydroxylation is 1. The van der Waals surface area contributed by atoms with Gasteiger partial charge in [0.1, 0.15) is 5.75 Å². The highest BCUT2D eigenvalue weighted by atomic mass is 16.5. The molecule has 0 saturated carbocycles. The molecule has 0 fully saturated rings. The molecule has 0 aromatic carbocycles.